The lowest BCUT2D eigenvalue weighted by Crippen LogP contribution is -2.48. The zero-order valence-corrected chi connectivity index (χ0v) is 18.6. The van der Waals surface area contributed by atoms with E-state index < -0.39 is 5.41 Å². The van der Waals surface area contributed by atoms with Gasteiger partial charge in [0.2, 0.25) is 5.95 Å². The molecule has 32 heavy (non-hydrogen) atoms. The van der Waals surface area contributed by atoms with Crippen LogP contribution < -0.4 is 0 Å². The normalized spacial score (nSPS) is 19.3. The summed E-state index contributed by atoms with van der Waals surface area (Å²) in [5.41, 5.74) is 1.72. The van der Waals surface area contributed by atoms with Crippen LogP contribution in [0.2, 0.25) is 0 Å². The van der Waals surface area contributed by atoms with Crippen molar-refractivity contribution in [1.82, 2.24) is 19.4 Å². The number of esters is 1. The van der Waals surface area contributed by atoms with E-state index >= 15 is 0 Å². The lowest BCUT2D eigenvalue weighted by atomic mass is 9.76. The van der Waals surface area contributed by atoms with Crippen LogP contribution in [0.4, 0.5) is 0 Å². The zero-order valence-electron chi connectivity index (χ0n) is 18.6. The Labute approximate surface area is 189 Å². The summed E-state index contributed by atoms with van der Waals surface area (Å²) in [5, 5.41) is 0. The number of allylic oxidation sites excluding steroid dienone is 1. The van der Waals surface area contributed by atoms with Crippen molar-refractivity contribution >= 4 is 12.0 Å². The first-order chi connectivity index (χ1) is 15.7. The van der Waals surface area contributed by atoms with Crippen LogP contribution in [-0.2, 0) is 16.1 Å². The maximum Gasteiger partial charge on any atom is 0.313 e. The van der Waals surface area contributed by atoms with Gasteiger partial charge in [-0.3, -0.25) is 14.3 Å². The molecule has 0 saturated carbocycles. The first-order valence-corrected chi connectivity index (χ1v) is 11.2. The van der Waals surface area contributed by atoms with E-state index in [0.717, 1.165) is 37.2 Å². The van der Waals surface area contributed by atoms with Gasteiger partial charge in [0.15, 0.2) is 0 Å². The van der Waals surface area contributed by atoms with Crippen molar-refractivity contribution in [3.63, 3.8) is 0 Å². The van der Waals surface area contributed by atoms with Crippen LogP contribution in [0, 0.1) is 5.41 Å². The molecule has 1 aliphatic heterocycles. The van der Waals surface area contributed by atoms with Crippen molar-refractivity contribution in [1.29, 1.82) is 0 Å². The smallest absolute Gasteiger partial charge is 0.313 e. The predicted octanol–water partition coefficient (Wildman–Crippen LogP) is 4.52. The number of carbonyl (C=O) groups is 1. The molecule has 1 saturated heterocycles. The third-order valence-corrected chi connectivity index (χ3v) is 5.97. The Hall–Kier alpha value is -3.25. The van der Waals surface area contributed by atoms with Crippen molar-refractivity contribution in [3.05, 3.63) is 84.5 Å². The van der Waals surface area contributed by atoms with Gasteiger partial charge >= 0.3 is 5.97 Å². The number of ether oxygens (including phenoxy) is 1. The average Bonchev–Trinajstić information content (AvgIpc) is 3.29. The van der Waals surface area contributed by atoms with Gasteiger partial charge in [0.05, 0.1) is 12.0 Å². The van der Waals surface area contributed by atoms with Crippen molar-refractivity contribution in [3.8, 4) is 5.95 Å². The van der Waals surface area contributed by atoms with Crippen LogP contribution in [0.3, 0.4) is 0 Å². The summed E-state index contributed by atoms with van der Waals surface area (Å²) < 4.78 is 7.55. The molecule has 6 nitrogen and oxygen atoms in total. The predicted molar refractivity (Wildman–Crippen MR) is 125 cm³/mol. The lowest BCUT2D eigenvalue weighted by molar-refractivity contribution is -0.159. The molecule has 0 radical (unpaired) electrons. The SMILES string of the molecule is CCOC(=O)[C@@]1(C/C=C/c2ccccc2)CCCN(Cc2cccn2-c2ncccn2)C1. The van der Waals surface area contributed by atoms with Gasteiger partial charge in [-0.05, 0) is 56.5 Å². The van der Waals surface area contributed by atoms with Gasteiger partial charge in [-0.15, -0.1) is 0 Å². The quantitative estimate of drug-likeness (QED) is 0.492. The minimum Gasteiger partial charge on any atom is -0.466 e. The summed E-state index contributed by atoms with van der Waals surface area (Å²) in [5.74, 6) is 0.566. The minimum absolute atomic E-state index is 0.0933. The molecule has 1 fully saturated rings. The van der Waals surface area contributed by atoms with E-state index in [0.29, 0.717) is 25.5 Å². The molecular weight excluding hydrogens is 400 g/mol. The largest absolute Gasteiger partial charge is 0.466 e. The highest BCUT2D eigenvalue weighted by Gasteiger charge is 2.42. The van der Waals surface area contributed by atoms with Gasteiger partial charge < -0.3 is 4.74 Å². The second kappa shape index (κ2) is 10.4. The maximum absolute atomic E-state index is 13.1. The van der Waals surface area contributed by atoms with E-state index in [-0.39, 0.29) is 5.97 Å². The summed E-state index contributed by atoms with van der Waals surface area (Å²) >= 11 is 0. The fraction of sp³-hybridized carbons (Fsp3) is 0.346. The first kappa shape index (κ1) is 22.0. The number of likely N-dealkylation sites (tertiary alicyclic amines) is 1. The molecule has 6 heteroatoms. The number of hydrogen-bond donors (Lipinski definition) is 0. The van der Waals surface area contributed by atoms with Crippen LogP contribution in [-0.4, -0.2) is 45.1 Å². The molecule has 166 valence electrons. The van der Waals surface area contributed by atoms with Gasteiger partial charge in [0, 0.05) is 37.4 Å². The Bertz CT molecular complexity index is 1030. The molecule has 0 amide bonds. The summed E-state index contributed by atoms with van der Waals surface area (Å²) in [6.45, 7) is 4.63. The third kappa shape index (κ3) is 5.14. The number of carbonyl (C=O) groups excluding carboxylic acids is 1. The van der Waals surface area contributed by atoms with Gasteiger partial charge in [-0.25, -0.2) is 9.97 Å². The number of piperidine rings is 1. The molecule has 3 heterocycles. The third-order valence-electron chi connectivity index (χ3n) is 5.97. The van der Waals surface area contributed by atoms with E-state index in [1.165, 1.54) is 0 Å². The second-order valence-electron chi connectivity index (χ2n) is 8.25. The standard InChI is InChI=1S/C26H30N4O2/c1-2-32-24(31)26(14-6-12-22-10-4-3-5-11-22)15-8-18-29(21-26)20-23-13-7-19-30(23)25-27-16-9-17-28-25/h3-7,9-13,16-17,19H,2,8,14-15,18,20-21H2,1H3/b12-6+/t26-/m0/s1. The molecular formula is C26H30N4O2. The fourth-order valence-corrected chi connectivity index (χ4v) is 4.43. The topological polar surface area (TPSA) is 60.2 Å². The molecule has 0 spiro atoms. The Morgan fingerprint density at radius 1 is 1.12 bits per heavy atom. The Balaban J connectivity index is 1.51. The molecule has 0 aliphatic carbocycles. The van der Waals surface area contributed by atoms with Crippen LogP contribution in [0.25, 0.3) is 12.0 Å². The number of aromatic nitrogens is 3. The highest BCUT2D eigenvalue weighted by Crippen LogP contribution is 2.36. The lowest BCUT2D eigenvalue weighted by Gasteiger charge is -2.40. The van der Waals surface area contributed by atoms with Gasteiger partial charge in [0.25, 0.3) is 0 Å². The van der Waals surface area contributed by atoms with Crippen molar-refractivity contribution < 1.29 is 9.53 Å². The Morgan fingerprint density at radius 3 is 2.72 bits per heavy atom. The van der Waals surface area contributed by atoms with Crippen molar-refractivity contribution in [2.24, 2.45) is 5.41 Å². The molecule has 1 atom stereocenters. The number of nitrogens with zero attached hydrogens (tertiary/aromatic N) is 4. The van der Waals surface area contributed by atoms with E-state index in [2.05, 4.69) is 45.2 Å². The fourth-order valence-electron chi connectivity index (χ4n) is 4.43. The minimum atomic E-state index is -0.528. The molecule has 4 rings (SSSR count). The summed E-state index contributed by atoms with van der Waals surface area (Å²) in [7, 11) is 0. The molecule has 1 aromatic carbocycles. The van der Waals surface area contributed by atoms with Crippen LogP contribution >= 0.6 is 0 Å². The molecule has 3 aromatic rings. The van der Waals surface area contributed by atoms with Gasteiger partial charge in [-0.1, -0.05) is 42.5 Å². The van der Waals surface area contributed by atoms with E-state index in [4.69, 9.17) is 4.74 Å². The zero-order chi connectivity index (χ0) is 22.2. The Morgan fingerprint density at radius 2 is 1.94 bits per heavy atom. The molecule has 0 N–H and O–H groups in total. The van der Waals surface area contributed by atoms with E-state index in [1.54, 1.807) is 12.4 Å². The van der Waals surface area contributed by atoms with Gasteiger partial charge in [0.1, 0.15) is 0 Å². The molecule has 0 unspecified atom stereocenters. The van der Waals surface area contributed by atoms with E-state index in [9.17, 15) is 4.79 Å². The highest BCUT2D eigenvalue weighted by molar-refractivity contribution is 5.77. The first-order valence-electron chi connectivity index (χ1n) is 11.2. The van der Waals surface area contributed by atoms with E-state index in [1.807, 2.05) is 48.0 Å². The van der Waals surface area contributed by atoms with Crippen LogP contribution in [0.15, 0.2) is 73.2 Å². The highest BCUT2D eigenvalue weighted by atomic mass is 16.5. The van der Waals surface area contributed by atoms with Crippen LogP contribution in [0.1, 0.15) is 37.4 Å². The monoisotopic (exact) mass is 430 g/mol. The van der Waals surface area contributed by atoms with Crippen LogP contribution in [0.5, 0.6) is 0 Å². The molecule has 2 aromatic heterocycles. The van der Waals surface area contributed by atoms with Gasteiger partial charge in [-0.2, -0.15) is 0 Å². The van der Waals surface area contributed by atoms with Crippen molar-refractivity contribution in [2.45, 2.75) is 32.7 Å². The summed E-state index contributed by atoms with van der Waals surface area (Å²) in [4.78, 5) is 24.2. The number of hydrogen-bond acceptors (Lipinski definition) is 5. The second-order valence-corrected chi connectivity index (χ2v) is 8.25. The summed E-state index contributed by atoms with van der Waals surface area (Å²) in [6, 6.07) is 16.1. The Kier molecular flexibility index (Phi) is 7.12. The number of benzene rings is 1. The van der Waals surface area contributed by atoms with Crippen molar-refractivity contribution in [2.75, 3.05) is 19.7 Å². The number of rotatable bonds is 8. The maximum atomic E-state index is 13.1. The molecule has 0 bridgehead atoms. The average molecular weight is 431 g/mol. The summed E-state index contributed by atoms with van der Waals surface area (Å²) in [6.07, 6.45) is 12.2. The molecule has 1 aliphatic rings.